The molecule has 1 saturated carbocycles. The lowest BCUT2D eigenvalue weighted by molar-refractivity contribution is 0.147. The first-order valence-electron chi connectivity index (χ1n) is 12.0. The summed E-state index contributed by atoms with van der Waals surface area (Å²) in [6.45, 7) is 2.32. The second kappa shape index (κ2) is 17.8. The van der Waals surface area contributed by atoms with E-state index in [0.29, 0.717) is 0 Å². The van der Waals surface area contributed by atoms with Crippen molar-refractivity contribution in [3.05, 3.63) is 0 Å². The fourth-order valence-corrected chi connectivity index (χ4v) is 5.47. The van der Waals surface area contributed by atoms with Crippen molar-refractivity contribution < 1.29 is 0 Å². The second-order valence-electron chi connectivity index (χ2n) is 8.90. The Bertz CT molecular complexity index is 292. The van der Waals surface area contributed by atoms with E-state index >= 15 is 0 Å². The zero-order chi connectivity index (χ0) is 18.9. The molecule has 0 aromatic heterocycles. The van der Waals surface area contributed by atoms with E-state index in [0.717, 1.165) is 29.3 Å². The second-order valence-corrected chi connectivity index (χ2v) is 9.80. The lowest BCUT2D eigenvalue weighted by atomic mass is 9.69. The van der Waals surface area contributed by atoms with Gasteiger partial charge in [0.05, 0.1) is 0 Å². The summed E-state index contributed by atoms with van der Waals surface area (Å²) in [6, 6.07) is 0. The zero-order valence-corrected chi connectivity index (χ0v) is 19.6. The highest BCUT2D eigenvalue weighted by molar-refractivity contribution is 7.80. The predicted octanol–water partition coefficient (Wildman–Crippen LogP) is 8.75. The van der Waals surface area contributed by atoms with E-state index in [9.17, 15) is 0 Å². The summed E-state index contributed by atoms with van der Waals surface area (Å²) in [5, 5.41) is 0. The minimum Gasteiger partial charge on any atom is -0.179 e. The van der Waals surface area contributed by atoms with Crippen LogP contribution in [0.3, 0.4) is 0 Å². The number of hydrogen-bond acceptors (Lipinski definition) is 2. The Morgan fingerprint density at radius 2 is 1.12 bits per heavy atom. The normalized spacial score (nSPS) is 23.4. The van der Waals surface area contributed by atoms with Crippen molar-refractivity contribution in [1.82, 2.24) is 0 Å². The van der Waals surface area contributed by atoms with Gasteiger partial charge < -0.3 is 0 Å². The maximum Gasteiger partial charge on any atom is -0.00979 e. The van der Waals surface area contributed by atoms with E-state index in [1.807, 2.05) is 0 Å². The monoisotopic (exact) mass is 400 g/mol. The van der Waals surface area contributed by atoms with Gasteiger partial charge in [-0.1, -0.05) is 96.8 Å². The first-order valence-corrected chi connectivity index (χ1v) is 13.3. The van der Waals surface area contributed by atoms with Crippen LogP contribution in [0.1, 0.15) is 122 Å². The van der Waals surface area contributed by atoms with Crippen molar-refractivity contribution in [3.63, 3.8) is 0 Å². The topological polar surface area (TPSA) is 0 Å². The fraction of sp³-hybridized carbons (Fsp3) is 1.00. The number of unbranched alkanes of at least 4 members (excludes halogenated alkanes) is 9. The Morgan fingerprint density at radius 1 is 0.577 bits per heavy atom. The molecule has 156 valence electrons. The van der Waals surface area contributed by atoms with Crippen LogP contribution in [0.15, 0.2) is 0 Å². The lowest BCUT2D eigenvalue weighted by Crippen LogP contribution is -2.25. The van der Waals surface area contributed by atoms with Crippen LogP contribution in [0.2, 0.25) is 0 Å². The van der Waals surface area contributed by atoms with Crippen molar-refractivity contribution in [2.24, 2.45) is 17.8 Å². The average Bonchev–Trinajstić information content (AvgIpc) is 2.66. The molecule has 2 heteroatoms. The zero-order valence-electron chi connectivity index (χ0n) is 17.8. The van der Waals surface area contributed by atoms with Gasteiger partial charge in [0.25, 0.3) is 0 Å². The highest BCUT2D eigenvalue weighted by atomic mass is 32.1. The van der Waals surface area contributed by atoms with Gasteiger partial charge in [-0.3, -0.25) is 0 Å². The van der Waals surface area contributed by atoms with Crippen molar-refractivity contribution in [1.29, 1.82) is 0 Å². The number of rotatable bonds is 17. The quantitative estimate of drug-likeness (QED) is 0.177. The third-order valence-corrected chi connectivity index (χ3v) is 7.31. The molecular formula is C24H48S2. The summed E-state index contributed by atoms with van der Waals surface area (Å²) in [5.74, 6) is 5.27. The van der Waals surface area contributed by atoms with Crippen LogP contribution in [0, 0.1) is 17.8 Å². The Labute approximate surface area is 176 Å². The molecule has 0 amide bonds. The molecule has 1 aliphatic rings. The van der Waals surface area contributed by atoms with Crippen molar-refractivity contribution >= 4 is 25.3 Å². The lowest BCUT2D eigenvalue weighted by Gasteiger charge is -2.37. The Morgan fingerprint density at radius 3 is 1.73 bits per heavy atom. The van der Waals surface area contributed by atoms with Gasteiger partial charge in [0, 0.05) is 0 Å². The smallest absolute Gasteiger partial charge is 0.00979 e. The summed E-state index contributed by atoms with van der Waals surface area (Å²) >= 11 is 8.70. The molecule has 3 atom stereocenters. The van der Waals surface area contributed by atoms with Crippen molar-refractivity contribution in [2.45, 2.75) is 122 Å². The van der Waals surface area contributed by atoms with Gasteiger partial charge in [-0.25, -0.2) is 0 Å². The van der Waals surface area contributed by atoms with Gasteiger partial charge in [-0.15, -0.1) is 0 Å². The Hall–Kier alpha value is 0.700. The van der Waals surface area contributed by atoms with Crippen molar-refractivity contribution in [2.75, 3.05) is 11.5 Å². The summed E-state index contributed by atoms with van der Waals surface area (Å²) in [5.41, 5.74) is 0. The van der Waals surface area contributed by atoms with Crippen LogP contribution < -0.4 is 0 Å². The maximum atomic E-state index is 4.36. The minimum absolute atomic E-state index is 1.04. The largest absolute Gasteiger partial charge is 0.179 e. The molecule has 0 aromatic carbocycles. The van der Waals surface area contributed by atoms with E-state index < -0.39 is 0 Å². The molecule has 0 N–H and O–H groups in total. The molecule has 0 heterocycles. The standard InChI is InChI=1S/C24H48S2/c1-2-3-4-9-14-22-17-18-23(15-10-5-7-12-19-25)24(21-22)16-11-6-8-13-20-26/h22-26H,2-21H2,1H3. The third kappa shape index (κ3) is 12.2. The average molecular weight is 401 g/mol. The third-order valence-electron chi connectivity index (χ3n) is 6.68. The molecule has 3 unspecified atom stereocenters. The molecular weight excluding hydrogens is 352 g/mol. The predicted molar refractivity (Wildman–Crippen MR) is 127 cm³/mol. The van der Waals surface area contributed by atoms with Gasteiger partial charge >= 0.3 is 0 Å². The molecule has 1 fully saturated rings. The van der Waals surface area contributed by atoms with E-state index in [-0.39, 0.29) is 0 Å². The highest BCUT2D eigenvalue weighted by Gasteiger charge is 2.29. The highest BCUT2D eigenvalue weighted by Crippen LogP contribution is 2.41. The van der Waals surface area contributed by atoms with Crippen molar-refractivity contribution in [3.8, 4) is 0 Å². The summed E-state index contributed by atoms with van der Waals surface area (Å²) in [4.78, 5) is 0. The first kappa shape index (κ1) is 24.7. The van der Waals surface area contributed by atoms with E-state index in [1.165, 1.54) is 109 Å². The molecule has 0 aromatic rings. The molecule has 0 aliphatic heterocycles. The van der Waals surface area contributed by atoms with E-state index in [2.05, 4.69) is 32.2 Å². The van der Waals surface area contributed by atoms with Crippen LogP contribution in [0.4, 0.5) is 0 Å². The number of hydrogen-bond donors (Lipinski definition) is 2. The molecule has 26 heavy (non-hydrogen) atoms. The van der Waals surface area contributed by atoms with Crippen LogP contribution in [-0.4, -0.2) is 11.5 Å². The number of thiol groups is 2. The summed E-state index contributed by atoms with van der Waals surface area (Å²) < 4.78 is 0. The minimum atomic E-state index is 1.04. The Balaban J connectivity index is 2.32. The van der Waals surface area contributed by atoms with E-state index in [1.54, 1.807) is 6.42 Å². The molecule has 0 radical (unpaired) electrons. The molecule has 0 nitrogen and oxygen atoms in total. The van der Waals surface area contributed by atoms with Crippen LogP contribution in [0.25, 0.3) is 0 Å². The molecule has 0 saturated heterocycles. The van der Waals surface area contributed by atoms with Crippen LogP contribution in [-0.2, 0) is 0 Å². The van der Waals surface area contributed by atoms with Gasteiger partial charge in [0.1, 0.15) is 0 Å². The molecule has 1 aliphatic carbocycles. The first-order chi connectivity index (χ1) is 12.8. The van der Waals surface area contributed by atoms with Crippen LogP contribution >= 0.6 is 25.3 Å². The molecule has 0 bridgehead atoms. The van der Waals surface area contributed by atoms with Gasteiger partial charge in [0.2, 0.25) is 0 Å². The van der Waals surface area contributed by atoms with Crippen LogP contribution in [0.5, 0.6) is 0 Å². The SMILES string of the molecule is CCCCCCC1CCC(CCCCCCS)C(CCCCCCS)C1. The van der Waals surface area contributed by atoms with Gasteiger partial charge in [-0.05, 0) is 54.9 Å². The van der Waals surface area contributed by atoms with E-state index in [4.69, 9.17) is 0 Å². The summed E-state index contributed by atoms with van der Waals surface area (Å²) in [6.07, 6.45) is 26.1. The summed E-state index contributed by atoms with van der Waals surface area (Å²) in [7, 11) is 0. The molecule has 0 spiro atoms. The molecule has 1 rings (SSSR count). The van der Waals surface area contributed by atoms with Gasteiger partial charge in [-0.2, -0.15) is 25.3 Å². The fourth-order valence-electron chi connectivity index (χ4n) is 5.02. The maximum absolute atomic E-state index is 4.36. The van der Waals surface area contributed by atoms with Gasteiger partial charge in [0.15, 0.2) is 0 Å². The Kier molecular flexibility index (Phi) is 16.9.